The van der Waals surface area contributed by atoms with Gasteiger partial charge in [-0.1, -0.05) is 30.0 Å². The molecule has 7 heteroatoms. The van der Waals surface area contributed by atoms with Crippen molar-refractivity contribution in [2.24, 2.45) is 0 Å². The van der Waals surface area contributed by atoms with Crippen LogP contribution in [0.3, 0.4) is 0 Å². The van der Waals surface area contributed by atoms with E-state index in [1.54, 1.807) is 24.9 Å². The summed E-state index contributed by atoms with van der Waals surface area (Å²) < 4.78 is 10.9. The summed E-state index contributed by atoms with van der Waals surface area (Å²) in [6, 6.07) is 5.42. The summed E-state index contributed by atoms with van der Waals surface area (Å²) >= 11 is 1.72. The third kappa shape index (κ3) is 6.03. The summed E-state index contributed by atoms with van der Waals surface area (Å²) in [4.78, 5) is 12.0. The Morgan fingerprint density at radius 2 is 2.22 bits per heavy atom. The number of benzene rings is 1. The molecular weight excluding hydrogens is 422 g/mol. The molecule has 6 nitrogen and oxygen atoms in total. The quantitative estimate of drug-likeness (QED) is 0.458. The van der Waals surface area contributed by atoms with E-state index in [1.807, 2.05) is 18.3 Å². The predicted octanol–water partition coefficient (Wildman–Crippen LogP) is 4.66. The molecule has 0 saturated carbocycles. The van der Waals surface area contributed by atoms with Gasteiger partial charge in [-0.05, 0) is 62.4 Å². The van der Waals surface area contributed by atoms with E-state index < -0.39 is 0 Å². The largest absolute Gasteiger partial charge is 0.504 e. The maximum Gasteiger partial charge on any atom is 0.187 e. The van der Waals surface area contributed by atoms with Crippen LogP contribution in [0, 0.1) is 6.92 Å². The summed E-state index contributed by atoms with van der Waals surface area (Å²) in [5, 5.41) is 10.6. The Morgan fingerprint density at radius 3 is 3.03 bits per heavy atom. The predicted molar refractivity (Wildman–Crippen MR) is 129 cm³/mol. The number of thioether (sulfide) groups is 1. The highest BCUT2D eigenvalue weighted by atomic mass is 32.2. The van der Waals surface area contributed by atoms with Crippen LogP contribution >= 0.6 is 11.8 Å². The smallest absolute Gasteiger partial charge is 0.187 e. The number of aromatic hydroxyl groups is 1. The maximum atomic E-state index is 9.76. The van der Waals surface area contributed by atoms with Gasteiger partial charge in [0.1, 0.15) is 0 Å². The molecule has 4 rings (SSSR count). The number of likely N-dealkylation sites (tertiary alicyclic amines) is 1. The van der Waals surface area contributed by atoms with Gasteiger partial charge in [0, 0.05) is 37.6 Å². The number of hydrogen-bond acceptors (Lipinski definition) is 7. The molecule has 0 spiro atoms. The lowest BCUT2D eigenvalue weighted by molar-refractivity contribution is 0.129. The fourth-order valence-electron chi connectivity index (χ4n) is 4.44. The first-order valence-electron chi connectivity index (χ1n) is 11.5. The Morgan fingerprint density at radius 1 is 1.31 bits per heavy atom. The van der Waals surface area contributed by atoms with Crippen LogP contribution < -0.4 is 4.74 Å². The summed E-state index contributed by atoms with van der Waals surface area (Å²) in [6.45, 7) is 6.02. The van der Waals surface area contributed by atoms with E-state index in [2.05, 4.69) is 29.0 Å². The monoisotopic (exact) mass is 455 g/mol. The molecule has 2 aliphatic rings. The topological polar surface area (TPSA) is 67.7 Å². The second kappa shape index (κ2) is 11.2. The van der Waals surface area contributed by atoms with Crippen molar-refractivity contribution in [1.29, 1.82) is 0 Å². The van der Waals surface area contributed by atoms with E-state index >= 15 is 0 Å². The van der Waals surface area contributed by atoms with Gasteiger partial charge in [0.25, 0.3) is 0 Å². The van der Waals surface area contributed by atoms with Crippen molar-refractivity contribution in [2.45, 2.75) is 49.8 Å². The molecule has 3 heterocycles. The van der Waals surface area contributed by atoms with E-state index in [1.165, 1.54) is 24.1 Å². The third-order valence-corrected chi connectivity index (χ3v) is 7.17. The zero-order chi connectivity index (χ0) is 22.3. The highest BCUT2D eigenvalue weighted by Crippen LogP contribution is 2.30. The molecule has 0 radical (unpaired) electrons. The molecule has 2 fully saturated rings. The Labute approximate surface area is 195 Å². The minimum Gasteiger partial charge on any atom is -0.504 e. The van der Waals surface area contributed by atoms with E-state index in [0.717, 1.165) is 55.6 Å². The maximum absolute atomic E-state index is 9.76. The van der Waals surface area contributed by atoms with Crippen molar-refractivity contribution >= 4 is 17.8 Å². The first-order chi connectivity index (χ1) is 15.6. The van der Waals surface area contributed by atoms with Crippen LogP contribution in [0.25, 0.3) is 6.08 Å². The van der Waals surface area contributed by atoms with Crippen LogP contribution in [0.1, 0.15) is 48.4 Å². The zero-order valence-electron chi connectivity index (χ0n) is 19.0. The average Bonchev–Trinajstić information content (AvgIpc) is 3.33. The number of methoxy groups -OCH3 is 1. The van der Waals surface area contributed by atoms with Gasteiger partial charge in [-0.25, -0.2) is 9.97 Å². The number of nitrogens with zero attached hydrogens (tertiary/aromatic N) is 3. The fourth-order valence-corrected chi connectivity index (χ4v) is 5.33. The van der Waals surface area contributed by atoms with Crippen molar-refractivity contribution in [3.63, 3.8) is 0 Å². The molecule has 0 bridgehead atoms. The summed E-state index contributed by atoms with van der Waals surface area (Å²) in [6.07, 6.45) is 11.3. The van der Waals surface area contributed by atoms with Crippen molar-refractivity contribution in [1.82, 2.24) is 14.9 Å². The molecule has 1 aromatic carbocycles. The minimum absolute atomic E-state index is 0.164. The van der Waals surface area contributed by atoms with Gasteiger partial charge in [-0.15, -0.1) is 0 Å². The van der Waals surface area contributed by atoms with Crippen LogP contribution in [-0.4, -0.2) is 65.2 Å². The van der Waals surface area contributed by atoms with Gasteiger partial charge in [0.15, 0.2) is 16.7 Å². The van der Waals surface area contributed by atoms with E-state index in [0.29, 0.717) is 17.8 Å². The Kier molecular flexibility index (Phi) is 8.05. The van der Waals surface area contributed by atoms with Crippen LogP contribution in [0.4, 0.5) is 0 Å². The molecule has 1 N–H and O–H groups in total. The minimum atomic E-state index is 0.164. The molecular formula is C25H33N3O3S. The third-order valence-electron chi connectivity index (χ3n) is 6.18. The SMILES string of the molecule is COc1cc(/C=C/CN2CCC[C@@H](c3nc(SC[C@H]4CCCO4)ncc3C)C2)ccc1O. The normalized spacial score (nSPS) is 21.9. The van der Waals surface area contributed by atoms with E-state index in [4.69, 9.17) is 14.5 Å². The van der Waals surface area contributed by atoms with Gasteiger partial charge in [-0.3, -0.25) is 4.90 Å². The summed E-state index contributed by atoms with van der Waals surface area (Å²) in [5.41, 5.74) is 3.41. The van der Waals surface area contributed by atoms with Crippen molar-refractivity contribution in [3.05, 3.63) is 47.3 Å². The molecule has 1 aromatic heterocycles. The standard InChI is InChI=1S/C25H33N3O3S/c1-18-15-26-25(32-17-21-8-5-13-31-21)27-24(18)20-7-4-12-28(16-20)11-3-6-19-9-10-22(29)23(14-19)30-2/h3,6,9-10,14-15,20-21,29H,4-5,7-8,11-13,16-17H2,1-2H3/b6-3+/t20-,21-/m1/s1. The van der Waals surface area contributed by atoms with Crippen molar-refractivity contribution < 1.29 is 14.6 Å². The number of piperidine rings is 1. The lowest BCUT2D eigenvalue weighted by atomic mass is 9.92. The van der Waals surface area contributed by atoms with E-state index in [9.17, 15) is 5.11 Å². The van der Waals surface area contributed by atoms with Gasteiger partial charge >= 0.3 is 0 Å². The van der Waals surface area contributed by atoms with Crippen LogP contribution in [0.5, 0.6) is 11.5 Å². The van der Waals surface area contributed by atoms with Gasteiger partial charge in [-0.2, -0.15) is 0 Å². The Balaban J connectivity index is 1.35. The highest BCUT2D eigenvalue weighted by Gasteiger charge is 2.24. The van der Waals surface area contributed by atoms with Gasteiger partial charge < -0.3 is 14.6 Å². The van der Waals surface area contributed by atoms with Gasteiger partial charge in [0.05, 0.1) is 18.9 Å². The Hall–Kier alpha value is -2.09. The zero-order valence-corrected chi connectivity index (χ0v) is 19.8. The van der Waals surface area contributed by atoms with Crippen LogP contribution in [0.15, 0.2) is 35.6 Å². The molecule has 32 heavy (non-hydrogen) atoms. The number of ether oxygens (including phenoxy) is 2. The van der Waals surface area contributed by atoms with Crippen LogP contribution in [0.2, 0.25) is 0 Å². The molecule has 2 atom stereocenters. The highest BCUT2D eigenvalue weighted by molar-refractivity contribution is 7.99. The molecule has 0 aliphatic carbocycles. The number of hydrogen-bond donors (Lipinski definition) is 1. The fraction of sp³-hybridized carbons (Fsp3) is 0.520. The first-order valence-corrected chi connectivity index (χ1v) is 12.4. The second-order valence-corrected chi connectivity index (χ2v) is 9.59. The van der Waals surface area contributed by atoms with E-state index in [-0.39, 0.29) is 5.75 Å². The summed E-state index contributed by atoms with van der Waals surface area (Å²) in [7, 11) is 1.57. The molecule has 2 aliphatic heterocycles. The summed E-state index contributed by atoms with van der Waals surface area (Å²) in [5.74, 6) is 2.04. The molecule has 0 unspecified atom stereocenters. The number of phenolic OH excluding ortho intramolecular Hbond substituents is 1. The average molecular weight is 456 g/mol. The van der Waals surface area contributed by atoms with Crippen molar-refractivity contribution in [2.75, 3.05) is 39.1 Å². The second-order valence-electron chi connectivity index (χ2n) is 8.60. The lowest BCUT2D eigenvalue weighted by Crippen LogP contribution is -2.35. The number of aryl methyl sites for hydroxylation is 1. The molecule has 2 saturated heterocycles. The Bertz CT molecular complexity index is 931. The first kappa shape index (κ1) is 23.1. The van der Waals surface area contributed by atoms with Crippen molar-refractivity contribution in [3.8, 4) is 11.5 Å². The molecule has 0 amide bonds. The van der Waals surface area contributed by atoms with Gasteiger partial charge in [0.2, 0.25) is 0 Å². The number of aromatic nitrogens is 2. The lowest BCUT2D eigenvalue weighted by Gasteiger charge is -2.32. The molecule has 172 valence electrons. The molecule has 2 aromatic rings. The number of phenols is 1. The van der Waals surface area contributed by atoms with Crippen LogP contribution in [-0.2, 0) is 4.74 Å². The number of rotatable bonds is 8.